The van der Waals surface area contributed by atoms with E-state index in [0.29, 0.717) is 19.5 Å². The molecule has 0 aliphatic carbocycles. The summed E-state index contributed by atoms with van der Waals surface area (Å²) in [5.41, 5.74) is 6.30. The van der Waals surface area contributed by atoms with Crippen molar-refractivity contribution in [3.8, 4) is 11.5 Å². The van der Waals surface area contributed by atoms with E-state index >= 15 is 0 Å². The molecule has 0 aliphatic rings. The number of aryl methyl sites for hydroxylation is 1. The summed E-state index contributed by atoms with van der Waals surface area (Å²) in [5, 5.41) is 0. The van der Waals surface area contributed by atoms with Crippen LogP contribution in [0.2, 0.25) is 0 Å². The van der Waals surface area contributed by atoms with Gasteiger partial charge in [-0.15, -0.1) is 12.4 Å². The molecular weight excluding hydrogens is 385 g/mol. The number of carbonyl (C=O) groups excluding carboxylic acids is 1. The minimum absolute atomic E-state index is 0. The molecule has 0 spiro atoms. The van der Waals surface area contributed by atoms with Crippen molar-refractivity contribution in [3.63, 3.8) is 0 Å². The number of hydrogen-bond donors (Lipinski definition) is 1. The molecule has 0 bridgehead atoms. The highest BCUT2D eigenvalue weighted by molar-refractivity contribution is 5.85. The lowest BCUT2D eigenvalue weighted by molar-refractivity contribution is -0.153. The molecule has 2 N–H and O–H groups in total. The Morgan fingerprint density at radius 1 is 1.22 bits per heavy atom. The van der Waals surface area contributed by atoms with Crippen molar-refractivity contribution in [2.45, 2.75) is 32.9 Å². The van der Waals surface area contributed by atoms with Crippen LogP contribution in [-0.2, 0) is 11.2 Å². The molecule has 1 amide bonds. The van der Waals surface area contributed by atoms with Gasteiger partial charge in [0, 0.05) is 20.0 Å². The number of hydrogen-bond acceptors (Lipinski definition) is 4. The zero-order chi connectivity index (χ0) is 20.0. The van der Waals surface area contributed by atoms with Crippen LogP contribution in [0.1, 0.15) is 25.8 Å². The average molecular weight is 413 g/mol. The zero-order valence-corrected chi connectivity index (χ0v) is 16.9. The molecule has 0 atom stereocenters. The maximum absolute atomic E-state index is 12.3. The Bertz CT molecular complexity index is 610. The van der Waals surface area contributed by atoms with Gasteiger partial charge in [-0.1, -0.05) is 19.9 Å². The van der Waals surface area contributed by atoms with Crippen molar-refractivity contribution in [1.82, 2.24) is 4.90 Å². The highest BCUT2D eigenvalue weighted by Gasteiger charge is 2.29. The van der Waals surface area contributed by atoms with Gasteiger partial charge in [0.1, 0.15) is 0 Å². The molecule has 1 aromatic carbocycles. The summed E-state index contributed by atoms with van der Waals surface area (Å²) in [4.78, 5) is 13.9. The van der Waals surface area contributed by atoms with Crippen molar-refractivity contribution in [3.05, 3.63) is 23.8 Å². The SMILES string of the molecule is COc1cc(CCC(=O)N(C)CC(C)(C)CN)ccc1OCC(F)(F)F.Cl. The van der Waals surface area contributed by atoms with Gasteiger partial charge < -0.3 is 20.1 Å². The molecule has 156 valence electrons. The second-order valence-electron chi connectivity index (χ2n) is 7.01. The molecule has 0 unspecified atom stereocenters. The highest BCUT2D eigenvalue weighted by atomic mass is 35.5. The third-order valence-corrected chi connectivity index (χ3v) is 3.89. The quantitative estimate of drug-likeness (QED) is 0.674. The first-order valence-electron chi connectivity index (χ1n) is 8.28. The van der Waals surface area contributed by atoms with Crippen LogP contribution in [0.15, 0.2) is 18.2 Å². The first kappa shape index (κ1) is 25.3. The molecule has 0 heterocycles. The van der Waals surface area contributed by atoms with Crippen LogP contribution in [0.3, 0.4) is 0 Å². The number of ether oxygens (including phenoxy) is 2. The largest absolute Gasteiger partial charge is 0.493 e. The molecule has 0 radical (unpaired) electrons. The van der Waals surface area contributed by atoms with Gasteiger partial charge in [-0.3, -0.25) is 4.79 Å². The topological polar surface area (TPSA) is 64.8 Å². The summed E-state index contributed by atoms with van der Waals surface area (Å²) < 4.78 is 46.6. The maximum atomic E-state index is 12.3. The van der Waals surface area contributed by atoms with Gasteiger partial charge >= 0.3 is 6.18 Å². The van der Waals surface area contributed by atoms with Gasteiger partial charge in [-0.25, -0.2) is 0 Å². The second-order valence-corrected chi connectivity index (χ2v) is 7.01. The number of nitrogens with two attached hydrogens (primary N) is 1. The number of carbonyl (C=O) groups is 1. The number of rotatable bonds is 9. The number of halogens is 4. The summed E-state index contributed by atoms with van der Waals surface area (Å²) in [6, 6.07) is 4.64. The molecule has 27 heavy (non-hydrogen) atoms. The number of benzene rings is 1. The van der Waals surface area contributed by atoms with E-state index in [-0.39, 0.29) is 41.6 Å². The molecule has 1 rings (SSSR count). The smallest absolute Gasteiger partial charge is 0.422 e. The van der Waals surface area contributed by atoms with Crippen LogP contribution in [-0.4, -0.2) is 50.8 Å². The standard InChI is InChI=1S/C18H27F3N2O3.ClH/c1-17(2,10-22)11-23(3)16(24)8-6-13-5-7-14(15(9-13)25-4)26-12-18(19,20)21;/h5,7,9H,6,8,10-12,22H2,1-4H3;1H. The first-order chi connectivity index (χ1) is 12.0. The molecule has 0 fully saturated rings. The van der Waals surface area contributed by atoms with E-state index in [0.717, 1.165) is 5.56 Å². The predicted molar refractivity (Wildman–Crippen MR) is 101 cm³/mol. The van der Waals surface area contributed by atoms with Crippen LogP contribution in [0, 0.1) is 5.41 Å². The molecule has 0 saturated carbocycles. The van der Waals surface area contributed by atoms with Gasteiger partial charge in [0.25, 0.3) is 0 Å². The van der Waals surface area contributed by atoms with Gasteiger partial charge in [-0.2, -0.15) is 13.2 Å². The maximum Gasteiger partial charge on any atom is 0.422 e. The molecule has 0 aliphatic heterocycles. The number of amides is 1. The normalized spacial score (nSPS) is 11.6. The molecule has 1 aromatic rings. The van der Waals surface area contributed by atoms with Crippen molar-refractivity contribution < 1.29 is 27.4 Å². The fourth-order valence-corrected chi connectivity index (χ4v) is 2.38. The van der Waals surface area contributed by atoms with Crippen LogP contribution >= 0.6 is 12.4 Å². The van der Waals surface area contributed by atoms with E-state index in [9.17, 15) is 18.0 Å². The first-order valence-corrected chi connectivity index (χ1v) is 8.28. The Morgan fingerprint density at radius 3 is 2.37 bits per heavy atom. The lowest BCUT2D eigenvalue weighted by Crippen LogP contribution is -2.39. The monoisotopic (exact) mass is 412 g/mol. The van der Waals surface area contributed by atoms with E-state index in [1.807, 2.05) is 13.8 Å². The van der Waals surface area contributed by atoms with Gasteiger partial charge in [0.2, 0.25) is 5.91 Å². The summed E-state index contributed by atoms with van der Waals surface area (Å²) in [5.74, 6) is 0.196. The van der Waals surface area contributed by atoms with Crippen molar-refractivity contribution in [1.29, 1.82) is 0 Å². The summed E-state index contributed by atoms with van der Waals surface area (Å²) in [6.45, 7) is 3.61. The summed E-state index contributed by atoms with van der Waals surface area (Å²) in [6.07, 6.45) is -3.69. The van der Waals surface area contributed by atoms with Crippen molar-refractivity contribution in [2.75, 3.05) is 33.9 Å². The molecular formula is C18H28ClF3N2O3. The molecule has 0 saturated heterocycles. The van der Waals surface area contributed by atoms with E-state index in [4.69, 9.17) is 15.2 Å². The fourth-order valence-electron chi connectivity index (χ4n) is 2.38. The average Bonchev–Trinajstić information content (AvgIpc) is 2.56. The Morgan fingerprint density at radius 2 is 1.85 bits per heavy atom. The highest BCUT2D eigenvalue weighted by Crippen LogP contribution is 2.30. The van der Waals surface area contributed by atoms with E-state index < -0.39 is 12.8 Å². The third kappa shape index (κ3) is 9.19. The van der Waals surface area contributed by atoms with Crippen molar-refractivity contribution in [2.24, 2.45) is 11.1 Å². The number of methoxy groups -OCH3 is 1. The minimum Gasteiger partial charge on any atom is -0.493 e. The fraction of sp³-hybridized carbons (Fsp3) is 0.611. The summed E-state index contributed by atoms with van der Waals surface area (Å²) >= 11 is 0. The Labute approximate surface area is 164 Å². The molecule has 5 nitrogen and oxygen atoms in total. The summed E-state index contributed by atoms with van der Waals surface area (Å²) in [7, 11) is 3.09. The van der Waals surface area contributed by atoms with Crippen LogP contribution in [0.4, 0.5) is 13.2 Å². The minimum atomic E-state index is -4.42. The molecule has 9 heteroatoms. The Hall–Kier alpha value is -1.67. The van der Waals surface area contributed by atoms with Crippen LogP contribution in [0.5, 0.6) is 11.5 Å². The lowest BCUT2D eigenvalue weighted by Gasteiger charge is -2.29. The van der Waals surface area contributed by atoms with Gasteiger partial charge in [0.15, 0.2) is 18.1 Å². The number of alkyl halides is 3. The van der Waals surface area contributed by atoms with Crippen molar-refractivity contribution >= 4 is 18.3 Å². The Kier molecular flexibility index (Phi) is 9.95. The second kappa shape index (κ2) is 10.6. The Balaban J connectivity index is 0.00000676. The lowest BCUT2D eigenvalue weighted by atomic mass is 9.93. The van der Waals surface area contributed by atoms with Gasteiger partial charge in [0.05, 0.1) is 7.11 Å². The van der Waals surface area contributed by atoms with E-state index in [2.05, 4.69) is 0 Å². The zero-order valence-electron chi connectivity index (χ0n) is 16.1. The number of nitrogens with zero attached hydrogens (tertiary/aromatic N) is 1. The van der Waals surface area contributed by atoms with Crippen LogP contribution in [0.25, 0.3) is 0 Å². The van der Waals surface area contributed by atoms with Crippen LogP contribution < -0.4 is 15.2 Å². The molecule has 0 aromatic heterocycles. The predicted octanol–water partition coefficient (Wildman–Crippen LogP) is 3.43. The van der Waals surface area contributed by atoms with E-state index in [1.165, 1.54) is 13.2 Å². The third-order valence-electron chi connectivity index (χ3n) is 3.89. The van der Waals surface area contributed by atoms with Gasteiger partial charge in [-0.05, 0) is 36.1 Å². The van der Waals surface area contributed by atoms with E-state index in [1.54, 1.807) is 24.1 Å².